The van der Waals surface area contributed by atoms with Gasteiger partial charge in [-0.1, -0.05) is 11.6 Å². The van der Waals surface area contributed by atoms with Crippen LogP contribution in [0.15, 0.2) is 36.4 Å². The van der Waals surface area contributed by atoms with Gasteiger partial charge >= 0.3 is 0 Å². The van der Waals surface area contributed by atoms with E-state index in [-0.39, 0.29) is 0 Å². The van der Waals surface area contributed by atoms with Gasteiger partial charge in [0.15, 0.2) is 11.5 Å². The molecule has 0 saturated carbocycles. The molecule has 0 fully saturated rings. The molecule has 0 radical (unpaired) electrons. The Hall–Kier alpha value is -2.07. The van der Waals surface area contributed by atoms with Gasteiger partial charge in [-0.05, 0) is 35.9 Å². The fraction of sp³-hybridized carbons (Fsp3) is 0.250. The van der Waals surface area contributed by atoms with Crippen molar-refractivity contribution in [1.29, 1.82) is 0 Å². The number of rotatable bonds is 6. The fourth-order valence-electron chi connectivity index (χ4n) is 1.94. The third kappa shape index (κ3) is 3.73. The summed E-state index contributed by atoms with van der Waals surface area (Å²) < 4.78 is 15.6. The number of hydrogen-bond donors (Lipinski definition) is 1. The van der Waals surface area contributed by atoms with Gasteiger partial charge in [-0.2, -0.15) is 0 Å². The van der Waals surface area contributed by atoms with Gasteiger partial charge in [0.1, 0.15) is 5.75 Å². The number of halogens is 1. The van der Waals surface area contributed by atoms with Crippen molar-refractivity contribution in [3.8, 4) is 17.2 Å². The van der Waals surface area contributed by atoms with Gasteiger partial charge in [0, 0.05) is 23.3 Å². The monoisotopic (exact) mass is 307 g/mol. The molecule has 0 bridgehead atoms. The van der Waals surface area contributed by atoms with E-state index in [1.165, 1.54) is 0 Å². The maximum atomic E-state index is 6.26. The highest BCUT2D eigenvalue weighted by molar-refractivity contribution is 6.31. The first-order valence-corrected chi connectivity index (χ1v) is 6.84. The van der Waals surface area contributed by atoms with Crippen LogP contribution in [0, 0.1) is 0 Å². The van der Waals surface area contributed by atoms with Crippen LogP contribution in [0.2, 0.25) is 5.02 Å². The molecular weight excluding hydrogens is 290 g/mol. The summed E-state index contributed by atoms with van der Waals surface area (Å²) >= 11 is 6.26. The molecule has 0 unspecified atom stereocenters. The Morgan fingerprint density at radius 2 is 1.52 bits per heavy atom. The smallest absolute Gasteiger partial charge is 0.162 e. The molecule has 0 amide bonds. The Bertz CT molecular complexity index is 599. The molecule has 2 aromatic rings. The van der Waals surface area contributed by atoms with Crippen LogP contribution in [0.3, 0.4) is 0 Å². The second kappa shape index (κ2) is 7.09. The minimum absolute atomic E-state index is 0.589. The molecule has 0 aliphatic carbocycles. The summed E-state index contributed by atoms with van der Waals surface area (Å²) in [4.78, 5) is 0. The Labute approximate surface area is 129 Å². The molecule has 0 aromatic heterocycles. The number of methoxy groups -OCH3 is 3. The normalized spacial score (nSPS) is 10.1. The van der Waals surface area contributed by atoms with Crippen LogP contribution in [-0.4, -0.2) is 21.3 Å². The maximum absolute atomic E-state index is 6.26. The Morgan fingerprint density at radius 1 is 0.905 bits per heavy atom. The Balaban J connectivity index is 2.11. The van der Waals surface area contributed by atoms with Gasteiger partial charge in [0.2, 0.25) is 0 Å². The second-order valence-electron chi connectivity index (χ2n) is 4.38. The van der Waals surface area contributed by atoms with E-state index in [1.807, 2.05) is 30.3 Å². The molecule has 112 valence electrons. The van der Waals surface area contributed by atoms with Crippen molar-refractivity contribution < 1.29 is 14.2 Å². The predicted octanol–water partition coefficient (Wildman–Crippen LogP) is 3.98. The SMILES string of the molecule is COc1ccc(NCc2cc(OC)c(OC)cc2Cl)cc1. The standard InChI is InChI=1S/C16H18ClNO3/c1-19-13-6-4-12(5-7-13)18-10-11-8-15(20-2)16(21-3)9-14(11)17/h4-9,18H,10H2,1-3H3. The molecule has 21 heavy (non-hydrogen) atoms. The minimum Gasteiger partial charge on any atom is -0.497 e. The maximum Gasteiger partial charge on any atom is 0.162 e. The second-order valence-corrected chi connectivity index (χ2v) is 4.79. The van der Waals surface area contributed by atoms with Crippen molar-refractivity contribution in [3.05, 3.63) is 47.0 Å². The average molecular weight is 308 g/mol. The zero-order valence-electron chi connectivity index (χ0n) is 12.3. The van der Waals surface area contributed by atoms with Crippen LogP contribution >= 0.6 is 11.6 Å². The van der Waals surface area contributed by atoms with Crippen molar-refractivity contribution in [2.45, 2.75) is 6.54 Å². The summed E-state index contributed by atoms with van der Waals surface area (Å²) in [5, 5.41) is 3.94. The van der Waals surface area contributed by atoms with E-state index in [2.05, 4.69) is 5.32 Å². The molecular formula is C16H18ClNO3. The van der Waals surface area contributed by atoms with Crippen LogP contribution in [0.4, 0.5) is 5.69 Å². The lowest BCUT2D eigenvalue weighted by Crippen LogP contribution is -2.01. The van der Waals surface area contributed by atoms with Crippen molar-refractivity contribution in [2.75, 3.05) is 26.6 Å². The molecule has 2 rings (SSSR count). The van der Waals surface area contributed by atoms with E-state index in [4.69, 9.17) is 25.8 Å². The van der Waals surface area contributed by atoms with Gasteiger partial charge in [0.25, 0.3) is 0 Å². The number of benzene rings is 2. The topological polar surface area (TPSA) is 39.7 Å². The third-order valence-corrected chi connectivity index (χ3v) is 3.48. The number of anilines is 1. The first-order chi connectivity index (χ1) is 10.2. The van der Waals surface area contributed by atoms with Crippen LogP contribution < -0.4 is 19.5 Å². The summed E-state index contributed by atoms with van der Waals surface area (Å²) in [6.45, 7) is 0.589. The summed E-state index contributed by atoms with van der Waals surface area (Å²) in [5.74, 6) is 2.11. The predicted molar refractivity (Wildman–Crippen MR) is 84.9 cm³/mol. The van der Waals surface area contributed by atoms with Crippen LogP contribution in [0.1, 0.15) is 5.56 Å². The van der Waals surface area contributed by atoms with E-state index < -0.39 is 0 Å². The van der Waals surface area contributed by atoms with E-state index in [0.717, 1.165) is 17.0 Å². The quantitative estimate of drug-likeness (QED) is 0.876. The Kier molecular flexibility index (Phi) is 5.17. The Morgan fingerprint density at radius 3 is 2.10 bits per heavy atom. The van der Waals surface area contributed by atoms with Crippen molar-refractivity contribution in [2.24, 2.45) is 0 Å². The summed E-state index contributed by atoms with van der Waals surface area (Å²) in [5.41, 5.74) is 1.92. The van der Waals surface area contributed by atoms with E-state index in [9.17, 15) is 0 Å². The van der Waals surface area contributed by atoms with Crippen molar-refractivity contribution >= 4 is 17.3 Å². The molecule has 1 N–H and O–H groups in total. The third-order valence-electron chi connectivity index (χ3n) is 3.13. The first-order valence-electron chi connectivity index (χ1n) is 6.46. The van der Waals surface area contributed by atoms with E-state index >= 15 is 0 Å². The van der Waals surface area contributed by atoms with E-state index in [1.54, 1.807) is 27.4 Å². The largest absolute Gasteiger partial charge is 0.497 e. The fourth-order valence-corrected chi connectivity index (χ4v) is 2.16. The van der Waals surface area contributed by atoms with E-state index in [0.29, 0.717) is 23.1 Å². The lowest BCUT2D eigenvalue weighted by Gasteiger charge is -2.13. The zero-order chi connectivity index (χ0) is 15.2. The highest BCUT2D eigenvalue weighted by atomic mass is 35.5. The van der Waals surface area contributed by atoms with Gasteiger partial charge in [-0.15, -0.1) is 0 Å². The van der Waals surface area contributed by atoms with Crippen LogP contribution in [0.25, 0.3) is 0 Å². The van der Waals surface area contributed by atoms with Crippen molar-refractivity contribution in [1.82, 2.24) is 0 Å². The minimum atomic E-state index is 0.589. The highest BCUT2D eigenvalue weighted by Gasteiger charge is 2.09. The summed E-state index contributed by atoms with van der Waals surface area (Å²) in [6, 6.07) is 11.3. The lowest BCUT2D eigenvalue weighted by molar-refractivity contribution is 0.354. The number of nitrogens with one attached hydrogen (secondary N) is 1. The zero-order valence-corrected chi connectivity index (χ0v) is 13.0. The first kappa shape index (κ1) is 15.3. The lowest BCUT2D eigenvalue weighted by atomic mass is 10.2. The molecule has 2 aromatic carbocycles. The molecule has 0 spiro atoms. The number of ether oxygens (including phenoxy) is 3. The summed E-state index contributed by atoms with van der Waals surface area (Å²) in [7, 11) is 4.84. The molecule has 0 saturated heterocycles. The van der Waals surface area contributed by atoms with Crippen LogP contribution in [0.5, 0.6) is 17.2 Å². The molecule has 5 heteroatoms. The average Bonchev–Trinajstić information content (AvgIpc) is 2.53. The molecule has 0 aliphatic rings. The van der Waals surface area contributed by atoms with Gasteiger partial charge < -0.3 is 19.5 Å². The van der Waals surface area contributed by atoms with Crippen LogP contribution in [-0.2, 0) is 6.54 Å². The molecule has 4 nitrogen and oxygen atoms in total. The molecule has 0 aliphatic heterocycles. The van der Waals surface area contributed by atoms with Gasteiger partial charge in [-0.3, -0.25) is 0 Å². The highest BCUT2D eigenvalue weighted by Crippen LogP contribution is 2.33. The van der Waals surface area contributed by atoms with Gasteiger partial charge in [0.05, 0.1) is 21.3 Å². The van der Waals surface area contributed by atoms with Gasteiger partial charge in [-0.25, -0.2) is 0 Å². The number of hydrogen-bond acceptors (Lipinski definition) is 4. The molecule has 0 atom stereocenters. The summed E-state index contributed by atoms with van der Waals surface area (Å²) in [6.07, 6.45) is 0. The molecule has 0 heterocycles. The van der Waals surface area contributed by atoms with Crippen molar-refractivity contribution in [3.63, 3.8) is 0 Å².